The Bertz CT molecular complexity index is 602. The normalized spacial score (nSPS) is 10.1. The van der Waals surface area contributed by atoms with E-state index in [9.17, 15) is 4.79 Å². The van der Waals surface area contributed by atoms with Crippen LogP contribution >= 0.6 is 15.9 Å². The Hall–Kier alpha value is -2.15. The Labute approximate surface area is 137 Å². The molecule has 0 saturated carbocycles. The van der Waals surface area contributed by atoms with Crippen LogP contribution in [0.1, 0.15) is 12.0 Å². The van der Waals surface area contributed by atoms with Gasteiger partial charge in [0, 0.05) is 18.9 Å². The van der Waals surface area contributed by atoms with E-state index < -0.39 is 0 Å². The van der Waals surface area contributed by atoms with Crippen LogP contribution in [0.5, 0.6) is 5.75 Å². The third kappa shape index (κ3) is 5.69. The highest BCUT2D eigenvalue weighted by Gasteiger charge is 2.03. The van der Waals surface area contributed by atoms with Crippen LogP contribution < -0.4 is 15.4 Å². The van der Waals surface area contributed by atoms with Crippen molar-refractivity contribution in [3.05, 3.63) is 46.7 Å². The molecule has 0 atom stereocenters. The van der Waals surface area contributed by atoms with Crippen molar-refractivity contribution in [2.75, 3.05) is 18.5 Å². The minimum atomic E-state index is -0.336. The summed E-state index contributed by atoms with van der Waals surface area (Å²) in [5.74, 6) is 1.09. The number of hydrogen-bond acceptors (Lipinski definition) is 4. The molecule has 1 heterocycles. The van der Waals surface area contributed by atoms with Crippen molar-refractivity contribution in [1.29, 1.82) is 0 Å². The molecule has 1 aromatic carbocycles. The van der Waals surface area contributed by atoms with Crippen LogP contribution in [0.15, 0.2) is 41.1 Å². The number of carbonyl (C=O) groups excluding carboxylic acids is 1. The first-order chi connectivity index (χ1) is 10.6. The number of halogens is 1. The highest BCUT2D eigenvalue weighted by atomic mass is 79.9. The summed E-state index contributed by atoms with van der Waals surface area (Å²) in [7, 11) is 0. The average molecular weight is 365 g/mol. The van der Waals surface area contributed by atoms with Crippen LogP contribution in [0.2, 0.25) is 0 Å². The van der Waals surface area contributed by atoms with Gasteiger partial charge in [-0.2, -0.15) is 0 Å². The van der Waals surface area contributed by atoms with E-state index in [1.54, 1.807) is 12.4 Å². The molecule has 0 saturated heterocycles. The summed E-state index contributed by atoms with van der Waals surface area (Å²) in [6.07, 6.45) is 3.85. The Morgan fingerprint density at radius 2 is 1.91 bits per heavy atom. The first kappa shape index (κ1) is 16.2. The van der Waals surface area contributed by atoms with Crippen molar-refractivity contribution in [3.8, 4) is 5.75 Å². The van der Waals surface area contributed by atoms with Crippen molar-refractivity contribution >= 4 is 27.9 Å². The Balaban J connectivity index is 1.61. The number of amides is 2. The van der Waals surface area contributed by atoms with Gasteiger partial charge in [-0.05, 0) is 41.4 Å². The number of ether oxygens (including phenoxy) is 1. The third-order valence-corrected chi connectivity index (χ3v) is 3.15. The lowest BCUT2D eigenvalue weighted by atomic mass is 10.2. The number of aromatic nitrogens is 2. The number of hydrogen-bond donors (Lipinski definition) is 2. The van der Waals surface area contributed by atoms with Gasteiger partial charge in [0.05, 0.1) is 11.1 Å². The molecule has 116 valence electrons. The maximum Gasteiger partial charge on any atom is 0.321 e. The molecule has 0 unspecified atom stereocenters. The van der Waals surface area contributed by atoms with E-state index in [-0.39, 0.29) is 12.0 Å². The van der Waals surface area contributed by atoms with Gasteiger partial charge in [-0.25, -0.2) is 14.8 Å². The first-order valence-corrected chi connectivity index (χ1v) is 7.64. The predicted molar refractivity (Wildman–Crippen MR) is 88.0 cm³/mol. The fourth-order valence-corrected chi connectivity index (χ4v) is 1.83. The van der Waals surface area contributed by atoms with Crippen LogP contribution in [0.3, 0.4) is 0 Å². The van der Waals surface area contributed by atoms with E-state index in [0.29, 0.717) is 19.6 Å². The summed E-state index contributed by atoms with van der Waals surface area (Å²) in [6.45, 7) is 3.08. The Morgan fingerprint density at radius 1 is 1.23 bits per heavy atom. The average Bonchev–Trinajstić information content (AvgIpc) is 2.51. The molecule has 0 fully saturated rings. The maximum atomic E-state index is 11.6. The van der Waals surface area contributed by atoms with Crippen molar-refractivity contribution in [2.24, 2.45) is 0 Å². The zero-order valence-electron chi connectivity index (χ0n) is 12.2. The van der Waals surface area contributed by atoms with E-state index in [2.05, 4.69) is 36.5 Å². The van der Waals surface area contributed by atoms with Gasteiger partial charge in [0.1, 0.15) is 5.75 Å². The Kier molecular flexibility index (Phi) is 6.14. The molecule has 7 heteroatoms. The molecule has 2 amide bonds. The number of urea groups is 1. The summed E-state index contributed by atoms with van der Waals surface area (Å²) in [5.41, 5.74) is 1.20. The van der Waals surface area contributed by atoms with Crippen molar-refractivity contribution in [3.63, 3.8) is 0 Å². The largest absolute Gasteiger partial charge is 0.494 e. The Morgan fingerprint density at radius 3 is 2.59 bits per heavy atom. The molecule has 22 heavy (non-hydrogen) atoms. The smallest absolute Gasteiger partial charge is 0.321 e. The van der Waals surface area contributed by atoms with Gasteiger partial charge in [0.25, 0.3) is 0 Å². The van der Waals surface area contributed by atoms with Gasteiger partial charge in [0.2, 0.25) is 5.95 Å². The fourth-order valence-electron chi connectivity index (χ4n) is 1.62. The van der Waals surface area contributed by atoms with Crippen LogP contribution in [0.4, 0.5) is 10.7 Å². The number of aryl methyl sites for hydroxylation is 1. The number of nitrogens with one attached hydrogen (secondary N) is 2. The molecule has 0 bridgehead atoms. The lowest BCUT2D eigenvalue weighted by molar-refractivity contribution is 0.250. The van der Waals surface area contributed by atoms with Crippen LogP contribution in [-0.4, -0.2) is 29.2 Å². The van der Waals surface area contributed by atoms with Crippen molar-refractivity contribution in [1.82, 2.24) is 15.3 Å². The van der Waals surface area contributed by atoms with Gasteiger partial charge >= 0.3 is 6.03 Å². The fraction of sp³-hybridized carbons (Fsp3) is 0.267. The summed E-state index contributed by atoms with van der Waals surface area (Å²) < 4.78 is 6.33. The zero-order chi connectivity index (χ0) is 15.8. The topological polar surface area (TPSA) is 76.1 Å². The van der Waals surface area contributed by atoms with Crippen LogP contribution in [-0.2, 0) is 0 Å². The van der Waals surface area contributed by atoms with Crippen molar-refractivity contribution < 1.29 is 9.53 Å². The molecule has 6 nitrogen and oxygen atoms in total. The highest BCUT2D eigenvalue weighted by molar-refractivity contribution is 9.10. The lowest BCUT2D eigenvalue weighted by Crippen LogP contribution is -2.30. The number of benzene rings is 1. The molecule has 0 aliphatic carbocycles. The molecule has 2 aromatic rings. The van der Waals surface area contributed by atoms with Gasteiger partial charge in [-0.15, -0.1) is 0 Å². The summed E-state index contributed by atoms with van der Waals surface area (Å²) in [5, 5.41) is 5.27. The molecule has 0 spiro atoms. The highest BCUT2D eigenvalue weighted by Crippen LogP contribution is 2.11. The summed E-state index contributed by atoms with van der Waals surface area (Å²) in [6, 6.07) is 7.52. The second-order valence-corrected chi connectivity index (χ2v) is 5.54. The van der Waals surface area contributed by atoms with Gasteiger partial charge in [0.15, 0.2) is 0 Å². The first-order valence-electron chi connectivity index (χ1n) is 6.85. The van der Waals surface area contributed by atoms with Gasteiger partial charge in [-0.3, -0.25) is 5.32 Å². The summed E-state index contributed by atoms with van der Waals surface area (Å²) >= 11 is 3.23. The monoisotopic (exact) mass is 364 g/mol. The number of rotatable bonds is 6. The molecule has 1 aromatic heterocycles. The molecule has 0 radical (unpaired) electrons. The maximum absolute atomic E-state index is 11.6. The lowest BCUT2D eigenvalue weighted by Gasteiger charge is -2.08. The number of nitrogens with zero attached hydrogens (tertiary/aromatic N) is 2. The molecule has 2 N–H and O–H groups in total. The summed E-state index contributed by atoms with van der Waals surface area (Å²) in [4.78, 5) is 19.5. The van der Waals surface area contributed by atoms with Gasteiger partial charge < -0.3 is 10.1 Å². The zero-order valence-corrected chi connectivity index (χ0v) is 13.8. The van der Waals surface area contributed by atoms with E-state index in [4.69, 9.17) is 4.74 Å². The van der Waals surface area contributed by atoms with E-state index >= 15 is 0 Å². The SMILES string of the molecule is Cc1ccc(OCCCNC(=O)Nc2ncc(Br)cn2)cc1. The van der Waals surface area contributed by atoms with E-state index in [0.717, 1.165) is 10.2 Å². The molecule has 0 aliphatic rings. The molecular formula is C15H17BrN4O2. The minimum absolute atomic E-state index is 0.261. The molecular weight excluding hydrogens is 348 g/mol. The molecule has 2 rings (SSSR count). The van der Waals surface area contributed by atoms with Crippen LogP contribution in [0.25, 0.3) is 0 Å². The number of carbonyl (C=O) groups is 1. The van der Waals surface area contributed by atoms with Crippen molar-refractivity contribution in [2.45, 2.75) is 13.3 Å². The second kappa shape index (κ2) is 8.33. The minimum Gasteiger partial charge on any atom is -0.494 e. The van der Waals surface area contributed by atoms with Gasteiger partial charge in [-0.1, -0.05) is 17.7 Å². The van der Waals surface area contributed by atoms with E-state index in [1.165, 1.54) is 5.56 Å². The second-order valence-electron chi connectivity index (χ2n) is 4.62. The third-order valence-electron chi connectivity index (χ3n) is 2.74. The molecule has 0 aliphatic heterocycles. The van der Waals surface area contributed by atoms with E-state index in [1.807, 2.05) is 31.2 Å². The quantitative estimate of drug-likeness (QED) is 0.772. The predicted octanol–water partition coefficient (Wildman–Crippen LogP) is 3.14. The standard InChI is InChI=1S/C15H17BrN4O2/c1-11-3-5-13(6-4-11)22-8-2-7-17-15(21)20-14-18-9-12(16)10-19-14/h3-6,9-10H,2,7-8H2,1H3,(H2,17,18,19,20,21). The number of anilines is 1. The van der Waals surface area contributed by atoms with Crippen LogP contribution in [0, 0.1) is 6.92 Å².